The number of hydrogen-bond acceptors (Lipinski definition) is 4. The topological polar surface area (TPSA) is 59.1 Å². The summed E-state index contributed by atoms with van der Waals surface area (Å²) in [6, 6.07) is 13.6. The number of hydrogen-bond donors (Lipinski definition) is 0. The summed E-state index contributed by atoms with van der Waals surface area (Å²) < 4.78 is 10.7. The van der Waals surface area contributed by atoms with E-state index < -0.39 is 0 Å². The fourth-order valence-electron chi connectivity index (χ4n) is 4.06. The zero-order chi connectivity index (χ0) is 19.7. The van der Waals surface area contributed by atoms with Crippen LogP contribution in [0.15, 0.2) is 42.5 Å². The van der Waals surface area contributed by atoms with E-state index >= 15 is 0 Å². The Morgan fingerprint density at radius 3 is 2.61 bits per heavy atom. The molecule has 0 radical (unpaired) electrons. The Labute approximate surface area is 164 Å². The lowest BCUT2D eigenvalue weighted by Gasteiger charge is -2.30. The summed E-state index contributed by atoms with van der Waals surface area (Å²) in [6.45, 7) is 1.67. The summed E-state index contributed by atoms with van der Waals surface area (Å²) >= 11 is 0. The van der Waals surface area contributed by atoms with E-state index in [0.29, 0.717) is 36.8 Å². The number of carbonyl (C=O) groups excluding carboxylic acids is 2. The Hall–Kier alpha value is -3.02. The van der Waals surface area contributed by atoms with Crippen LogP contribution in [0.4, 0.5) is 5.69 Å². The average molecular weight is 380 g/mol. The number of carbonyl (C=O) groups is 2. The van der Waals surface area contributed by atoms with Gasteiger partial charge in [0.05, 0.1) is 25.8 Å². The van der Waals surface area contributed by atoms with Gasteiger partial charge >= 0.3 is 0 Å². The maximum Gasteiger partial charge on any atom is 0.228 e. The molecule has 1 fully saturated rings. The van der Waals surface area contributed by atoms with Gasteiger partial charge in [-0.3, -0.25) is 9.59 Å². The van der Waals surface area contributed by atoms with Crippen LogP contribution in [-0.2, 0) is 22.6 Å². The fourth-order valence-corrected chi connectivity index (χ4v) is 4.06. The fraction of sp³-hybridized carbons (Fsp3) is 0.364. The Morgan fingerprint density at radius 2 is 1.86 bits per heavy atom. The maximum atomic E-state index is 13.1. The summed E-state index contributed by atoms with van der Waals surface area (Å²) in [6.07, 6.45) is 1.08. The van der Waals surface area contributed by atoms with Gasteiger partial charge in [-0.1, -0.05) is 24.3 Å². The van der Waals surface area contributed by atoms with E-state index in [-0.39, 0.29) is 24.2 Å². The molecule has 0 saturated carbocycles. The van der Waals surface area contributed by atoms with Crippen LogP contribution >= 0.6 is 0 Å². The second-order valence-corrected chi connectivity index (χ2v) is 7.22. The standard InChI is InChI=1S/C22H24N2O4/c1-27-18-7-8-20(28-2)19(12-18)24-14-17(11-21(24)25)22(26)23-10-9-15-5-3-4-6-16(15)13-23/h3-8,12,17H,9-11,13-14H2,1-2H3/t17-/m1/s1. The van der Waals surface area contributed by atoms with Gasteiger partial charge in [-0.15, -0.1) is 0 Å². The molecule has 0 aliphatic carbocycles. The molecule has 2 aliphatic heterocycles. The van der Waals surface area contributed by atoms with Gasteiger partial charge in [-0.05, 0) is 29.7 Å². The van der Waals surface area contributed by atoms with E-state index in [1.165, 1.54) is 11.1 Å². The minimum atomic E-state index is -0.339. The van der Waals surface area contributed by atoms with Crippen molar-refractivity contribution in [2.75, 3.05) is 32.2 Å². The van der Waals surface area contributed by atoms with Gasteiger partial charge in [0.1, 0.15) is 11.5 Å². The zero-order valence-corrected chi connectivity index (χ0v) is 16.2. The molecule has 0 spiro atoms. The first-order valence-electron chi connectivity index (χ1n) is 9.48. The molecule has 28 heavy (non-hydrogen) atoms. The molecule has 0 aromatic heterocycles. The van der Waals surface area contributed by atoms with E-state index in [0.717, 1.165) is 6.42 Å². The molecule has 6 nitrogen and oxygen atoms in total. The van der Waals surface area contributed by atoms with Crippen LogP contribution in [0.25, 0.3) is 0 Å². The van der Waals surface area contributed by atoms with E-state index in [2.05, 4.69) is 12.1 Å². The number of methoxy groups -OCH3 is 2. The van der Waals surface area contributed by atoms with Crippen molar-refractivity contribution in [2.24, 2.45) is 5.92 Å². The number of nitrogens with zero attached hydrogens (tertiary/aromatic N) is 2. The molecule has 4 rings (SSSR count). The number of anilines is 1. The third-order valence-corrected chi connectivity index (χ3v) is 5.59. The first kappa shape index (κ1) is 18.3. The van der Waals surface area contributed by atoms with Crippen molar-refractivity contribution in [1.29, 1.82) is 0 Å². The van der Waals surface area contributed by atoms with Gasteiger partial charge in [-0.2, -0.15) is 0 Å². The highest BCUT2D eigenvalue weighted by Crippen LogP contribution is 2.36. The second kappa shape index (κ2) is 7.54. The molecule has 2 aromatic carbocycles. The SMILES string of the molecule is COc1ccc(OC)c(N2C[C@H](C(=O)N3CCc4ccccc4C3)CC2=O)c1. The zero-order valence-electron chi connectivity index (χ0n) is 16.2. The monoisotopic (exact) mass is 380 g/mol. The lowest BCUT2D eigenvalue weighted by Crippen LogP contribution is -2.40. The van der Waals surface area contributed by atoms with Crippen molar-refractivity contribution in [3.63, 3.8) is 0 Å². The molecule has 0 unspecified atom stereocenters. The molecule has 146 valence electrons. The third kappa shape index (κ3) is 3.30. The number of fused-ring (bicyclic) bond motifs is 1. The Bertz CT molecular complexity index is 911. The summed E-state index contributed by atoms with van der Waals surface area (Å²) in [5.41, 5.74) is 3.14. The summed E-state index contributed by atoms with van der Waals surface area (Å²) in [5, 5.41) is 0. The molecule has 2 aliphatic rings. The number of ether oxygens (including phenoxy) is 2. The van der Waals surface area contributed by atoms with Crippen LogP contribution in [0.5, 0.6) is 11.5 Å². The first-order valence-corrected chi connectivity index (χ1v) is 9.48. The lowest BCUT2D eigenvalue weighted by molar-refractivity contribution is -0.136. The Morgan fingerprint density at radius 1 is 1.07 bits per heavy atom. The van der Waals surface area contributed by atoms with Gasteiger partial charge in [0, 0.05) is 32.1 Å². The van der Waals surface area contributed by atoms with Crippen LogP contribution in [0, 0.1) is 5.92 Å². The predicted molar refractivity (Wildman–Crippen MR) is 106 cm³/mol. The molecule has 0 bridgehead atoms. The molecular formula is C22H24N2O4. The van der Waals surface area contributed by atoms with Gasteiger partial charge in [-0.25, -0.2) is 0 Å². The highest BCUT2D eigenvalue weighted by atomic mass is 16.5. The largest absolute Gasteiger partial charge is 0.497 e. The highest BCUT2D eigenvalue weighted by Gasteiger charge is 2.38. The Balaban J connectivity index is 1.52. The van der Waals surface area contributed by atoms with E-state index in [9.17, 15) is 9.59 Å². The number of amides is 2. The minimum Gasteiger partial charge on any atom is -0.497 e. The normalized spacial score (nSPS) is 18.8. The number of rotatable bonds is 4. The van der Waals surface area contributed by atoms with E-state index in [4.69, 9.17) is 9.47 Å². The van der Waals surface area contributed by atoms with E-state index in [1.807, 2.05) is 17.0 Å². The third-order valence-electron chi connectivity index (χ3n) is 5.59. The average Bonchev–Trinajstić information content (AvgIpc) is 3.13. The molecule has 2 aromatic rings. The van der Waals surface area contributed by atoms with Crippen LogP contribution in [0.2, 0.25) is 0 Å². The molecule has 2 amide bonds. The number of benzene rings is 2. The van der Waals surface area contributed by atoms with Gasteiger partial charge in [0.2, 0.25) is 11.8 Å². The van der Waals surface area contributed by atoms with Gasteiger partial charge < -0.3 is 19.3 Å². The van der Waals surface area contributed by atoms with E-state index in [1.54, 1.807) is 37.3 Å². The van der Waals surface area contributed by atoms with Crippen molar-refractivity contribution in [2.45, 2.75) is 19.4 Å². The van der Waals surface area contributed by atoms with Crippen molar-refractivity contribution >= 4 is 17.5 Å². The Kier molecular flexibility index (Phi) is 4.94. The second-order valence-electron chi connectivity index (χ2n) is 7.22. The van der Waals surface area contributed by atoms with Crippen molar-refractivity contribution in [1.82, 2.24) is 4.90 Å². The summed E-state index contributed by atoms with van der Waals surface area (Å²) in [4.78, 5) is 29.3. The molecule has 1 saturated heterocycles. The van der Waals surface area contributed by atoms with Crippen LogP contribution in [-0.4, -0.2) is 44.0 Å². The van der Waals surface area contributed by atoms with Gasteiger partial charge in [0.15, 0.2) is 0 Å². The first-order chi connectivity index (χ1) is 13.6. The minimum absolute atomic E-state index is 0.0483. The quantitative estimate of drug-likeness (QED) is 0.818. The molecule has 2 heterocycles. The van der Waals surface area contributed by atoms with Crippen molar-refractivity contribution < 1.29 is 19.1 Å². The smallest absolute Gasteiger partial charge is 0.228 e. The maximum absolute atomic E-state index is 13.1. The molecule has 6 heteroatoms. The highest BCUT2D eigenvalue weighted by molar-refractivity contribution is 6.01. The molecule has 1 atom stereocenters. The van der Waals surface area contributed by atoms with Gasteiger partial charge in [0.25, 0.3) is 0 Å². The van der Waals surface area contributed by atoms with Crippen LogP contribution < -0.4 is 14.4 Å². The summed E-state index contributed by atoms with van der Waals surface area (Å²) in [5.74, 6) is 0.878. The van der Waals surface area contributed by atoms with Crippen molar-refractivity contribution in [3.05, 3.63) is 53.6 Å². The lowest BCUT2D eigenvalue weighted by atomic mass is 9.98. The summed E-state index contributed by atoms with van der Waals surface area (Å²) in [7, 11) is 3.15. The van der Waals surface area contributed by atoms with Crippen LogP contribution in [0.3, 0.4) is 0 Å². The predicted octanol–water partition coefficient (Wildman–Crippen LogP) is 2.64. The van der Waals surface area contributed by atoms with Crippen molar-refractivity contribution in [3.8, 4) is 11.5 Å². The van der Waals surface area contributed by atoms with Crippen LogP contribution in [0.1, 0.15) is 17.5 Å². The molecule has 0 N–H and O–H groups in total. The molecular weight excluding hydrogens is 356 g/mol.